The molecule has 2 N–H and O–H groups in total. The lowest BCUT2D eigenvalue weighted by molar-refractivity contribution is -0.137. The molecule has 1 aromatic carbocycles. The average Bonchev–Trinajstić information content (AvgIpc) is 2.36. The van der Waals surface area contributed by atoms with E-state index < -0.39 is 17.8 Å². The first-order chi connectivity index (χ1) is 9.32. The number of carbonyl (C=O) groups is 1. The van der Waals surface area contributed by atoms with Crippen molar-refractivity contribution in [2.45, 2.75) is 25.7 Å². The molecule has 1 unspecified atom stereocenters. The molecule has 1 rings (SSSR count). The molecule has 1 atom stereocenters. The van der Waals surface area contributed by atoms with Crippen molar-refractivity contribution in [3.05, 3.63) is 35.4 Å². The molecule has 0 saturated carbocycles. The predicted octanol–water partition coefficient (Wildman–Crippen LogP) is 2.54. The zero-order valence-corrected chi connectivity index (χ0v) is 11.3. The van der Waals surface area contributed by atoms with Crippen molar-refractivity contribution in [3.63, 3.8) is 0 Å². The molecule has 0 aromatic heterocycles. The summed E-state index contributed by atoms with van der Waals surface area (Å²) in [6, 6.07) is 4.20. The van der Waals surface area contributed by atoms with Crippen LogP contribution in [0.25, 0.3) is 0 Å². The van der Waals surface area contributed by atoms with Gasteiger partial charge < -0.3 is 15.4 Å². The van der Waals surface area contributed by atoms with Crippen molar-refractivity contribution in [2.75, 3.05) is 13.7 Å². The molecule has 0 aliphatic rings. The van der Waals surface area contributed by atoms with Gasteiger partial charge in [-0.15, -0.1) is 0 Å². The number of benzene rings is 1. The molecule has 112 valence electrons. The zero-order chi connectivity index (χ0) is 15.2. The number of nitrogens with one attached hydrogen (secondary N) is 2. The summed E-state index contributed by atoms with van der Waals surface area (Å²) < 4.78 is 42.4. The molecule has 1 aromatic rings. The van der Waals surface area contributed by atoms with Gasteiger partial charge in [0.15, 0.2) is 0 Å². The van der Waals surface area contributed by atoms with E-state index >= 15 is 0 Å². The molecule has 0 fully saturated rings. The molecule has 0 heterocycles. The minimum atomic E-state index is -4.38. The number of halogens is 3. The summed E-state index contributed by atoms with van der Waals surface area (Å²) in [4.78, 5) is 11.5. The third kappa shape index (κ3) is 5.48. The molecule has 0 saturated heterocycles. The van der Waals surface area contributed by atoms with Crippen LogP contribution in [-0.2, 0) is 17.5 Å². The van der Waals surface area contributed by atoms with Gasteiger partial charge in [0.1, 0.15) is 0 Å². The Morgan fingerprint density at radius 3 is 2.70 bits per heavy atom. The highest BCUT2D eigenvalue weighted by atomic mass is 19.4. The van der Waals surface area contributed by atoms with Crippen LogP contribution in [-0.4, -0.2) is 25.8 Å². The molecule has 0 radical (unpaired) electrons. The molecule has 7 heteroatoms. The van der Waals surface area contributed by atoms with E-state index in [1.54, 1.807) is 6.92 Å². The lowest BCUT2D eigenvalue weighted by Gasteiger charge is -2.14. The van der Waals surface area contributed by atoms with Gasteiger partial charge in [-0.2, -0.15) is 13.2 Å². The third-order valence-electron chi connectivity index (χ3n) is 2.50. The quantitative estimate of drug-likeness (QED) is 0.875. The van der Waals surface area contributed by atoms with E-state index in [1.807, 2.05) is 0 Å². The fraction of sp³-hybridized carbons (Fsp3) is 0.462. The molecule has 20 heavy (non-hydrogen) atoms. The Kier molecular flexibility index (Phi) is 5.82. The number of hydrogen-bond donors (Lipinski definition) is 2. The van der Waals surface area contributed by atoms with Crippen molar-refractivity contribution in [1.82, 2.24) is 10.6 Å². The molecular weight excluding hydrogens is 273 g/mol. The highest BCUT2D eigenvalue weighted by Crippen LogP contribution is 2.29. The fourth-order valence-corrected chi connectivity index (χ4v) is 1.61. The largest absolute Gasteiger partial charge is 0.416 e. The second kappa shape index (κ2) is 7.14. The van der Waals surface area contributed by atoms with E-state index in [4.69, 9.17) is 4.74 Å². The van der Waals surface area contributed by atoms with Gasteiger partial charge in [0.2, 0.25) is 0 Å². The van der Waals surface area contributed by atoms with E-state index in [-0.39, 0.29) is 12.6 Å². The number of hydrogen-bond acceptors (Lipinski definition) is 2. The van der Waals surface area contributed by atoms with Gasteiger partial charge in [-0.05, 0) is 24.6 Å². The number of amides is 2. The smallest absolute Gasteiger partial charge is 0.383 e. The highest BCUT2D eigenvalue weighted by Gasteiger charge is 2.30. The van der Waals surface area contributed by atoms with Gasteiger partial charge in [0, 0.05) is 13.7 Å². The molecule has 4 nitrogen and oxygen atoms in total. The lowest BCUT2D eigenvalue weighted by atomic mass is 10.1. The maximum atomic E-state index is 12.5. The molecule has 0 aliphatic carbocycles. The summed E-state index contributed by atoms with van der Waals surface area (Å²) in [5.41, 5.74) is -0.348. The highest BCUT2D eigenvalue weighted by molar-refractivity contribution is 5.74. The molecule has 0 aliphatic heterocycles. The minimum absolute atomic E-state index is 0.0233. The standard InChI is InChI=1S/C13H17F3N2O2/c1-9(8-20-2)18-12(19)17-7-10-4-3-5-11(6-10)13(14,15)16/h3-6,9H,7-8H2,1-2H3,(H2,17,18,19). The summed E-state index contributed by atoms with van der Waals surface area (Å²) in [5.74, 6) is 0. The molecule has 0 bridgehead atoms. The Hall–Kier alpha value is -1.76. The average molecular weight is 290 g/mol. The second-order valence-corrected chi connectivity index (χ2v) is 4.38. The molecule has 2 amide bonds. The first kappa shape index (κ1) is 16.3. The summed E-state index contributed by atoms with van der Waals surface area (Å²) in [6.07, 6.45) is -4.38. The van der Waals surface area contributed by atoms with E-state index in [2.05, 4.69) is 10.6 Å². The van der Waals surface area contributed by atoms with Crippen molar-refractivity contribution < 1.29 is 22.7 Å². The van der Waals surface area contributed by atoms with Crippen LogP contribution in [0.3, 0.4) is 0 Å². The Labute approximate surface area is 115 Å². The van der Waals surface area contributed by atoms with Gasteiger partial charge in [-0.1, -0.05) is 12.1 Å². The third-order valence-corrected chi connectivity index (χ3v) is 2.50. The Balaban J connectivity index is 2.52. The van der Waals surface area contributed by atoms with E-state index in [9.17, 15) is 18.0 Å². The predicted molar refractivity (Wildman–Crippen MR) is 68.2 cm³/mol. The molecular formula is C13H17F3N2O2. The van der Waals surface area contributed by atoms with Crippen LogP contribution in [0.15, 0.2) is 24.3 Å². The fourth-order valence-electron chi connectivity index (χ4n) is 1.61. The van der Waals surface area contributed by atoms with Crippen molar-refractivity contribution in [3.8, 4) is 0 Å². The van der Waals surface area contributed by atoms with Crippen molar-refractivity contribution >= 4 is 6.03 Å². The van der Waals surface area contributed by atoms with Gasteiger partial charge in [0.25, 0.3) is 0 Å². The normalized spacial score (nSPS) is 12.8. The number of carbonyl (C=O) groups excluding carboxylic acids is 1. The number of rotatable bonds is 5. The first-order valence-corrected chi connectivity index (χ1v) is 6.02. The second-order valence-electron chi connectivity index (χ2n) is 4.38. The summed E-state index contributed by atoms with van der Waals surface area (Å²) in [5, 5.41) is 5.09. The van der Waals surface area contributed by atoms with Crippen LogP contribution < -0.4 is 10.6 Å². The Bertz CT molecular complexity index is 449. The monoisotopic (exact) mass is 290 g/mol. The summed E-state index contributed by atoms with van der Waals surface area (Å²) in [6.45, 7) is 2.14. The van der Waals surface area contributed by atoms with Crippen LogP contribution in [0.2, 0.25) is 0 Å². The van der Waals surface area contributed by atoms with Crippen LogP contribution in [0.5, 0.6) is 0 Å². The van der Waals surface area contributed by atoms with Gasteiger partial charge in [-0.25, -0.2) is 4.79 Å². The number of urea groups is 1. The van der Waals surface area contributed by atoms with E-state index in [0.717, 1.165) is 12.1 Å². The zero-order valence-electron chi connectivity index (χ0n) is 11.3. The van der Waals surface area contributed by atoms with Crippen LogP contribution >= 0.6 is 0 Å². The van der Waals surface area contributed by atoms with Crippen LogP contribution in [0, 0.1) is 0 Å². The van der Waals surface area contributed by atoms with E-state index in [1.165, 1.54) is 19.2 Å². The Morgan fingerprint density at radius 2 is 2.10 bits per heavy atom. The minimum Gasteiger partial charge on any atom is -0.383 e. The van der Waals surface area contributed by atoms with Gasteiger partial charge >= 0.3 is 12.2 Å². The van der Waals surface area contributed by atoms with Gasteiger partial charge in [-0.3, -0.25) is 0 Å². The summed E-state index contributed by atoms with van der Waals surface area (Å²) >= 11 is 0. The number of methoxy groups -OCH3 is 1. The van der Waals surface area contributed by atoms with Crippen LogP contribution in [0.4, 0.5) is 18.0 Å². The number of ether oxygens (including phenoxy) is 1. The van der Waals surface area contributed by atoms with Gasteiger partial charge in [0.05, 0.1) is 18.2 Å². The topological polar surface area (TPSA) is 50.4 Å². The Morgan fingerprint density at radius 1 is 1.40 bits per heavy atom. The SMILES string of the molecule is COCC(C)NC(=O)NCc1cccc(C(F)(F)F)c1. The molecule has 0 spiro atoms. The maximum Gasteiger partial charge on any atom is 0.416 e. The van der Waals surface area contributed by atoms with E-state index in [0.29, 0.717) is 12.2 Å². The number of alkyl halides is 3. The van der Waals surface area contributed by atoms with Crippen LogP contribution in [0.1, 0.15) is 18.1 Å². The lowest BCUT2D eigenvalue weighted by Crippen LogP contribution is -2.42. The maximum absolute atomic E-state index is 12.5. The first-order valence-electron chi connectivity index (χ1n) is 6.02. The van der Waals surface area contributed by atoms with Crippen molar-refractivity contribution in [2.24, 2.45) is 0 Å². The summed E-state index contributed by atoms with van der Waals surface area (Å²) in [7, 11) is 1.51. The van der Waals surface area contributed by atoms with Crippen molar-refractivity contribution in [1.29, 1.82) is 0 Å².